The van der Waals surface area contributed by atoms with Crippen molar-refractivity contribution in [2.24, 2.45) is 5.92 Å². The van der Waals surface area contributed by atoms with Crippen molar-refractivity contribution in [2.45, 2.75) is 45.7 Å². The molecule has 8 heteroatoms. The minimum atomic E-state index is -0.0684. The van der Waals surface area contributed by atoms with Gasteiger partial charge in [-0.15, -0.1) is 22.7 Å². The zero-order valence-electron chi connectivity index (χ0n) is 17.1. The molecule has 0 atom stereocenters. The lowest BCUT2D eigenvalue weighted by Gasteiger charge is -2.31. The molecule has 1 amide bonds. The Labute approximate surface area is 183 Å². The maximum absolute atomic E-state index is 12.9. The number of rotatable bonds is 5. The predicted molar refractivity (Wildman–Crippen MR) is 122 cm³/mol. The van der Waals surface area contributed by atoms with E-state index >= 15 is 0 Å². The Kier molecular flexibility index (Phi) is 5.47. The fraction of sp³-hybridized carbons (Fsp3) is 0.500. The Morgan fingerprint density at radius 3 is 2.90 bits per heavy atom. The monoisotopic (exact) mass is 442 g/mol. The van der Waals surface area contributed by atoms with Crippen molar-refractivity contribution in [3.63, 3.8) is 0 Å². The second-order valence-electron chi connectivity index (χ2n) is 8.33. The third kappa shape index (κ3) is 3.72. The first-order chi connectivity index (χ1) is 14.6. The highest BCUT2D eigenvalue weighted by Gasteiger charge is 2.24. The van der Waals surface area contributed by atoms with Crippen LogP contribution >= 0.6 is 22.7 Å². The molecule has 5 heterocycles. The topological polar surface area (TPSA) is 67.2 Å². The molecule has 0 spiro atoms. The van der Waals surface area contributed by atoms with Crippen molar-refractivity contribution in [1.82, 2.24) is 19.8 Å². The predicted octanol–water partition coefficient (Wildman–Crippen LogP) is 3.42. The molecule has 0 unspecified atom stereocenters. The Balaban J connectivity index is 1.21. The third-order valence-electron chi connectivity index (χ3n) is 6.34. The molecule has 30 heavy (non-hydrogen) atoms. The van der Waals surface area contributed by atoms with Gasteiger partial charge in [0.2, 0.25) is 0 Å². The van der Waals surface area contributed by atoms with Crippen LogP contribution in [0.2, 0.25) is 0 Å². The first-order valence-corrected chi connectivity index (χ1v) is 12.4. The Bertz CT molecular complexity index is 1120. The number of hydrogen-bond donors (Lipinski definition) is 1. The number of amides is 1. The largest absolute Gasteiger partial charge is 0.351 e. The van der Waals surface area contributed by atoms with Gasteiger partial charge < -0.3 is 5.32 Å². The molecule has 0 aliphatic carbocycles. The highest BCUT2D eigenvalue weighted by molar-refractivity contribution is 7.20. The molecular weight excluding hydrogens is 416 g/mol. The summed E-state index contributed by atoms with van der Waals surface area (Å²) in [4.78, 5) is 35.6. The molecule has 2 aliphatic heterocycles. The molecule has 158 valence electrons. The van der Waals surface area contributed by atoms with Crippen LogP contribution in [0.1, 0.15) is 45.2 Å². The van der Waals surface area contributed by atoms with Crippen LogP contribution in [0, 0.1) is 12.8 Å². The number of fused-ring (bicyclic) bond motifs is 2. The molecule has 5 rings (SSSR count). The summed E-state index contributed by atoms with van der Waals surface area (Å²) in [6.07, 6.45) is 4.02. The Morgan fingerprint density at radius 2 is 2.13 bits per heavy atom. The van der Waals surface area contributed by atoms with Crippen molar-refractivity contribution < 1.29 is 4.79 Å². The number of aromatic nitrogens is 2. The van der Waals surface area contributed by atoms with Crippen LogP contribution in [-0.2, 0) is 19.5 Å². The summed E-state index contributed by atoms with van der Waals surface area (Å²) in [6, 6.07) is 4.30. The molecule has 2 aliphatic rings. The Hall–Kier alpha value is -2.03. The normalized spacial score (nSPS) is 17.5. The minimum absolute atomic E-state index is 0.0124. The number of hydrogen-bond acceptors (Lipinski definition) is 6. The van der Waals surface area contributed by atoms with Crippen LogP contribution in [0.15, 0.2) is 22.3 Å². The first kappa shape index (κ1) is 19.9. The van der Waals surface area contributed by atoms with E-state index in [1.165, 1.54) is 16.2 Å². The smallest absolute Gasteiger partial charge is 0.262 e. The van der Waals surface area contributed by atoms with Gasteiger partial charge in [-0.3, -0.25) is 19.1 Å². The van der Waals surface area contributed by atoms with Crippen LogP contribution in [0.5, 0.6) is 0 Å². The fourth-order valence-electron chi connectivity index (χ4n) is 4.58. The number of carbonyl (C=O) groups is 1. The summed E-state index contributed by atoms with van der Waals surface area (Å²) in [5.41, 5.74) is 0.788. The molecule has 1 saturated heterocycles. The first-order valence-electron chi connectivity index (χ1n) is 10.7. The fourth-order valence-corrected chi connectivity index (χ4v) is 6.43. The molecule has 0 aromatic carbocycles. The number of likely N-dealkylation sites (tertiary alicyclic amines) is 1. The molecule has 3 aromatic rings. The standard InChI is InChI=1S/C22H26N4O2S2/c1-14-18-21(24-17-5-2-8-26(17)22(18)28)30-19(14)20(27)23-12-15-6-9-25(10-7-15)13-16-4-3-11-29-16/h3-4,11,15H,2,5-10,12-13H2,1H3,(H,23,27). The molecule has 1 N–H and O–H groups in total. The quantitative estimate of drug-likeness (QED) is 0.658. The van der Waals surface area contributed by atoms with E-state index in [9.17, 15) is 9.59 Å². The minimum Gasteiger partial charge on any atom is -0.351 e. The van der Waals surface area contributed by atoms with Crippen molar-refractivity contribution in [2.75, 3.05) is 19.6 Å². The molecule has 0 bridgehead atoms. The second kappa shape index (κ2) is 8.24. The van der Waals surface area contributed by atoms with Crippen molar-refractivity contribution in [3.8, 4) is 0 Å². The van der Waals surface area contributed by atoms with Gasteiger partial charge >= 0.3 is 0 Å². The van der Waals surface area contributed by atoms with Crippen molar-refractivity contribution >= 4 is 38.8 Å². The van der Waals surface area contributed by atoms with Gasteiger partial charge in [-0.1, -0.05) is 6.07 Å². The van der Waals surface area contributed by atoms with E-state index in [1.807, 2.05) is 18.3 Å². The number of nitrogens with zero attached hydrogens (tertiary/aromatic N) is 3. The summed E-state index contributed by atoms with van der Waals surface area (Å²) < 4.78 is 1.77. The van der Waals surface area contributed by atoms with Gasteiger partial charge in [0.25, 0.3) is 11.5 Å². The number of nitrogens with one attached hydrogen (secondary N) is 1. The SMILES string of the molecule is Cc1c(C(=O)NCC2CCN(Cc3cccs3)CC2)sc2nc3n(c(=O)c12)CCC3. The van der Waals surface area contributed by atoms with Crippen LogP contribution < -0.4 is 10.9 Å². The maximum Gasteiger partial charge on any atom is 0.262 e. The van der Waals surface area contributed by atoms with Crippen LogP contribution in [0.3, 0.4) is 0 Å². The lowest BCUT2D eigenvalue weighted by atomic mass is 9.96. The average molecular weight is 443 g/mol. The van der Waals surface area contributed by atoms with E-state index in [1.54, 1.807) is 4.57 Å². The number of piperidine rings is 1. The summed E-state index contributed by atoms with van der Waals surface area (Å²) in [5.74, 6) is 1.30. The molecule has 6 nitrogen and oxygen atoms in total. The van der Waals surface area contributed by atoms with E-state index in [-0.39, 0.29) is 11.5 Å². The molecule has 3 aromatic heterocycles. The van der Waals surface area contributed by atoms with Gasteiger partial charge in [0.1, 0.15) is 10.7 Å². The van der Waals surface area contributed by atoms with E-state index in [4.69, 9.17) is 0 Å². The van der Waals surface area contributed by atoms with E-state index in [0.29, 0.717) is 27.6 Å². The number of thiophene rings is 2. The van der Waals surface area contributed by atoms with E-state index in [2.05, 4.69) is 32.7 Å². The zero-order chi connectivity index (χ0) is 20.7. The van der Waals surface area contributed by atoms with Crippen molar-refractivity contribution in [3.05, 3.63) is 49.0 Å². The zero-order valence-corrected chi connectivity index (χ0v) is 18.8. The lowest BCUT2D eigenvalue weighted by Crippen LogP contribution is -2.38. The van der Waals surface area contributed by atoms with Gasteiger partial charge in [-0.2, -0.15) is 0 Å². The van der Waals surface area contributed by atoms with Crippen molar-refractivity contribution in [1.29, 1.82) is 0 Å². The maximum atomic E-state index is 12.9. The molecule has 0 saturated carbocycles. The summed E-state index contributed by atoms with van der Waals surface area (Å²) >= 11 is 3.17. The number of aryl methyl sites for hydroxylation is 2. The van der Waals surface area contributed by atoms with Crippen LogP contribution in [0.4, 0.5) is 0 Å². The second-order valence-corrected chi connectivity index (χ2v) is 10.4. The number of carbonyl (C=O) groups excluding carboxylic acids is 1. The van der Waals surface area contributed by atoms with E-state index in [0.717, 1.165) is 63.3 Å². The summed E-state index contributed by atoms with van der Waals surface area (Å²) in [7, 11) is 0. The summed E-state index contributed by atoms with van der Waals surface area (Å²) in [6.45, 7) is 6.49. The highest BCUT2D eigenvalue weighted by atomic mass is 32.1. The van der Waals surface area contributed by atoms with Gasteiger partial charge in [-0.25, -0.2) is 4.98 Å². The molecule has 1 fully saturated rings. The van der Waals surface area contributed by atoms with Crippen LogP contribution in [0.25, 0.3) is 10.2 Å². The van der Waals surface area contributed by atoms with Gasteiger partial charge in [0.05, 0.1) is 10.3 Å². The average Bonchev–Trinajstić information content (AvgIpc) is 3.48. The lowest BCUT2D eigenvalue weighted by molar-refractivity contribution is 0.0939. The highest BCUT2D eigenvalue weighted by Crippen LogP contribution is 2.29. The van der Waals surface area contributed by atoms with Gasteiger partial charge in [0.15, 0.2) is 0 Å². The molecule has 0 radical (unpaired) electrons. The Morgan fingerprint density at radius 1 is 1.30 bits per heavy atom. The van der Waals surface area contributed by atoms with Gasteiger partial charge in [0, 0.05) is 30.9 Å². The molecular formula is C22H26N4O2S2. The van der Waals surface area contributed by atoms with E-state index < -0.39 is 0 Å². The van der Waals surface area contributed by atoms with Gasteiger partial charge in [-0.05, 0) is 62.2 Å². The van der Waals surface area contributed by atoms with Crippen LogP contribution in [-0.4, -0.2) is 40.0 Å². The third-order valence-corrected chi connectivity index (χ3v) is 8.38. The summed E-state index contributed by atoms with van der Waals surface area (Å²) in [5, 5.41) is 5.88.